The smallest absolute Gasteiger partial charge is 0.343 e. The van der Waals surface area contributed by atoms with Gasteiger partial charge in [-0.2, -0.15) is 0 Å². The molecule has 2 rings (SSSR count). The molecule has 2 aromatic carbocycles. The molecule has 0 aliphatic carbocycles. The molecule has 3 heteroatoms. The highest BCUT2D eigenvalue weighted by Crippen LogP contribution is 2.31. The van der Waals surface area contributed by atoms with Crippen molar-refractivity contribution in [3.63, 3.8) is 0 Å². The zero-order valence-electron chi connectivity index (χ0n) is 11.8. The number of ether oxygens (including phenoxy) is 1. The third kappa shape index (κ3) is 3.48. The summed E-state index contributed by atoms with van der Waals surface area (Å²) in [4.78, 5) is 12.2. The van der Waals surface area contributed by atoms with Crippen LogP contribution in [-0.4, -0.2) is 5.97 Å². The van der Waals surface area contributed by atoms with Crippen molar-refractivity contribution >= 4 is 21.9 Å². The highest BCUT2D eigenvalue weighted by Gasteiger charge is 2.20. The van der Waals surface area contributed by atoms with Gasteiger partial charge in [0.15, 0.2) is 0 Å². The summed E-state index contributed by atoms with van der Waals surface area (Å²) in [5.41, 5.74) is 1.48. The fraction of sp³-hybridized carbons (Fsp3) is 0.235. The molecule has 0 heterocycles. The van der Waals surface area contributed by atoms with Gasteiger partial charge in [0.05, 0.1) is 5.56 Å². The summed E-state index contributed by atoms with van der Waals surface area (Å²) in [7, 11) is 0. The maximum Gasteiger partial charge on any atom is 0.343 e. The van der Waals surface area contributed by atoms with E-state index in [1.807, 2.05) is 36.4 Å². The van der Waals surface area contributed by atoms with E-state index in [1.54, 1.807) is 12.1 Å². The quantitative estimate of drug-likeness (QED) is 0.573. The summed E-state index contributed by atoms with van der Waals surface area (Å²) in [6, 6.07) is 14.8. The molecule has 0 aromatic heterocycles. The number of hydrogen-bond acceptors (Lipinski definition) is 2. The van der Waals surface area contributed by atoms with E-state index in [1.165, 1.54) is 0 Å². The minimum atomic E-state index is -0.339. The Balaban J connectivity index is 2.26. The molecule has 0 radical (unpaired) electrons. The SMILES string of the molecule is CC(C)(C)c1ccccc1OC(=O)c1ccc(Br)cc1. The van der Waals surface area contributed by atoms with E-state index in [2.05, 4.69) is 36.7 Å². The van der Waals surface area contributed by atoms with Crippen LogP contribution < -0.4 is 4.74 Å². The van der Waals surface area contributed by atoms with Crippen molar-refractivity contribution in [2.24, 2.45) is 0 Å². The standard InChI is InChI=1S/C17H17BrO2/c1-17(2,3)14-6-4-5-7-15(14)20-16(19)12-8-10-13(18)11-9-12/h4-11H,1-3H3. The summed E-state index contributed by atoms with van der Waals surface area (Å²) >= 11 is 3.35. The van der Waals surface area contributed by atoms with Gasteiger partial charge in [0, 0.05) is 10.0 Å². The van der Waals surface area contributed by atoms with Crippen LogP contribution in [-0.2, 0) is 5.41 Å². The van der Waals surface area contributed by atoms with Crippen LogP contribution in [0, 0.1) is 0 Å². The Bertz CT molecular complexity index is 610. The Morgan fingerprint density at radius 2 is 1.60 bits per heavy atom. The first-order valence-corrected chi connectivity index (χ1v) is 7.24. The molecule has 0 aliphatic rings. The van der Waals surface area contributed by atoms with Gasteiger partial charge in [-0.25, -0.2) is 4.79 Å². The monoisotopic (exact) mass is 332 g/mol. The van der Waals surface area contributed by atoms with Crippen LogP contribution in [0.25, 0.3) is 0 Å². The Hall–Kier alpha value is -1.61. The molecule has 0 saturated heterocycles. The van der Waals surface area contributed by atoms with Gasteiger partial charge in [-0.3, -0.25) is 0 Å². The van der Waals surface area contributed by atoms with Gasteiger partial charge in [-0.1, -0.05) is 54.9 Å². The van der Waals surface area contributed by atoms with Gasteiger partial charge >= 0.3 is 5.97 Å². The highest BCUT2D eigenvalue weighted by molar-refractivity contribution is 9.10. The first kappa shape index (κ1) is 14.8. The maximum absolute atomic E-state index is 12.2. The summed E-state index contributed by atoms with van der Waals surface area (Å²) in [6.45, 7) is 6.29. The molecule has 0 fully saturated rings. The van der Waals surface area contributed by atoms with Gasteiger partial charge in [0.25, 0.3) is 0 Å². The third-order valence-electron chi connectivity index (χ3n) is 2.98. The molecule has 2 nitrogen and oxygen atoms in total. The van der Waals surface area contributed by atoms with Gasteiger partial charge in [0.2, 0.25) is 0 Å². The van der Waals surface area contributed by atoms with Crippen molar-refractivity contribution < 1.29 is 9.53 Å². The fourth-order valence-electron chi connectivity index (χ4n) is 1.92. The maximum atomic E-state index is 12.2. The van der Waals surface area contributed by atoms with Gasteiger partial charge in [0.1, 0.15) is 5.75 Å². The molecule has 20 heavy (non-hydrogen) atoms. The van der Waals surface area contributed by atoms with Gasteiger partial charge in [-0.15, -0.1) is 0 Å². The number of esters is 1. The van der Waals surface area contributed by atoms with Crippen molar-refractivity contribution in [2.45, 2.75) is 26.2 Å². The van der Waals surface area contributed by atoms with E-state index in [0.717, 1.165) is 10.0 Å². The molecule has 0 atom stereocenters. The second kappa shape index (κ2) is 5.80. The van der Waals surface area contributed by atoms with Crippen LogP contribution in [0.15, 0.2) is 53.0 Å². The molecular formula is C17H17BrO2. The minimum Gasteiger partial charge on any atom is -0.423 e. The first-order chi connectivity index (χ1) is 9.38. The average molecular weight is 333 g/mol. The number of carbonyl (C=O) groups is 1. The Morgan fingerprint density at radius 1 is 1.00 bits per heavy atom. The second-order valence-electron chi connectivity index (χ2n) is 5.64. The van der Waals surface area contributed by atoms with Crippen LogP contribution in [0.2, 0.25) is 0 Å². The van der Waals surface area contributed by atoms with Crippen LogP contribution >= 0.6 is 15.9 Å². The number of rotatable bonds is 2. The number of carbonyl (C=O) groups excluding carboxylic acids is 1. The van der Waals surface area contributed by atoms with E-state index in [4.69, 9.17) is 4.74 Å². The van der Waals surface area contributed by atoms with Crippen molar-refractivity contribution in [1.29, 1.82) is 0 Å². The Morgan fingerprint density at radius 3 is 2.20 bits per heavy atom. The molecular weight excluding hydrogens is 316 g/mol. The third-order valence-corrected chi connectivity index (χ3v) is 3.51. The van der Waals surface area contributed by atoms with E-state index >= 15 is 0 Å². The molecule has 0 N–H and O–H groups in total. The summed E-state index contributed by atoms with van der Waals surface area (Å²) < 4.78 is 6.48. The molecule has 0 aliphatic heterocycles. The molecule has 104 valence electrons. The van der Waals surface area contributed by atoms with Crippen molar-refractivity contribution in [1.82, 2.24) is 0 Å². The zero-order valence-corrected chi connectivity index (χ0v) is 13.4. The zero-order chi connectivity index (χ0) is 14.8. The van der Waals surface area contributed by atoms with Crippen LogP contribution in [0.1, 0.15) is 36.7 Å². The van der Waals surface area contributed by atoms with E-state index in [-0.39, 0.29) is 11.4 Å². The lowest BCUT2D eigenvalue weighted by atomic mass is 9.86. The molecule has 0 bridgehead atoms. The first-order valence-electron chi connectivity index (χ1n) is 6.45. The lowest BCUT2D eigenvalue weighted by Gasteiger charge is -2.22. The molecule has 0 saturated carbocycles. The van der Waals surface area contributed by atoms with Crippen molar-refractivity contribution in [3.8, 4) is 5.75 Å². The number of hydrogen-bond donors (Lipinski definition) is 0. The van der Waals surface area contributed by atoms with Crippen molar-refractivity contribution in [3.05, 3.63) is 64.1 Å². The number of benzene rings is 2. The lowest BCUT2D eigenvalue weighted by molar-refractivity contribution is 0.0732. The predicted molar refractivity (Wildman–Crippen MR) is 84.2 cm³/mol. The molecule has 0 unspecified atom stereocenters. The molecule has 0 amide bonds. The normalized spacial score (nSPS) is 11.2. The van der Waals surface area contributed by atoms with E-state index < -0.39 is 0 Å². The second-order valence-corrected chi connectivity index (χ2v) is 6.56. The predicted octanol–water partition coefficient (Wildman–Crippen LogP) is 4.97. The topological polar surface area (TPSA) is 26.3 Å². The molecule has 0 spiro atoms. The number of halogens is 1. The lowest BCUT2D eigenvalue weighted by Crippen LogP contribution is -2.16. The average Bonchev–Trinajstić information content (AvgIpc) is 2.38. The summed E-state index contributed by atoms with van der Waals surface area (Å²) in [5.74, 6) is 0.280. The largest absolute Gasteiger partial charge is 0.423 e. The summed E-state index contributed by atoms with van der Waals surface area (Å²) in [5, 5.41) is 0. The van der Waals surface area contributed by atoms with Crippen LogP contribution in [0.5, 0.6) is 5.75 Å². The van der Waals surface area contributed by atoms with E-state index in [9.17, 15) is 4.79 Å². The van der Waals surface area contributed by atoms with E-state index in [0.29, 0.717) is 11.3 Å². The Labute approximate surface area is 127 Å². The van der Waals surface area contributed by atoms with Gasteiger partial charge < -0.3 is 4.74 Å². The van der Waals surface area contributed by atoms with Crippen molar-refractivity contribution in [2.75, 3.05) is 0 Å². The fourth-order valence-corrected chi connectivity index (χ4v) is 2.18. The summed E-state index contributed by atoms with van der Waals surface area (Å²) in [6.07, 6.45) is 0. The number of para-hydroxylation sites is 1. The minimum absolute atomic E-state index is 0.0728. The van der Waals surface area contributed by atoms with Crippen LogP contribution in [0.4, 0.5) is 0 Å². The van der Waals surface area contributed by atoms with Gasteiger partial charge in [-0.05, 0) is 35.7 Å². The van der Waals surface area contributed by atoms with Crippen LogP contribution in [0.3, 0.4) is 0 Å². The highest BCUT2D eigenvalue weighted by atomic mass is 79.9. The Kier molecular flexibility index (Phi) is 4.29. The molecule has 2 aromatic rings.